The number of hydrogen-bond donors (Lipinski definition) is 2. The zero-order valence-corrected chi connectivity index (χ0v) is 14.1. The molecular formula is C16H22Cl2N2O2. The van der Waals surface area contributed by atoms with E-state index in [1.807, 2.05) is 0 Å². The zero-order chi connectivity index (χ0) is 15.8. The number of amides is 1. The smallest absolute Gasteiger partial charge is 0.220 e. The summed E-state index contributed by atoms with van der Waals surface area (Å²) in [6.45, 7) is 3.37. The van der Waals surface area contributed by atoms with Crippen molar-refractivity contribution in [3.05, 3.63) is 28.2 Å². The van der Waals surface area contributed by atoms with E-state index in [0.717, 1.165) is 26.1 Å². The largest absolute Gasteiger partial charge is 0.492 e. The summed E-state index contributed by atoms with van der Waals surface area (Å²) in [5.74, 6) is 1.34. The highest BCUT2D eigenvalue weighted by Gasteiger charge is 2.14. The maximum atomic E-state index is 11.7. The lowest BCUT2D eigenvalue weighted by Crippen LogP contribution is -2.26. The molecule has 1 aromatic carbocycles. The minimum absolute atomic E-state index is 0.0757. The first-order chi connectivity index (χ1) is 10.7. The van der Waals surface area contributed by atoms with Gasteiger partial charge in [0.15, 0.2) is 0 Å². The SMILES string of the molecule is O=C(CCCOc1cccc(Cl)c1Cl)NCCC1CCNC1. The van der Waals surface area contributed by atoms with Crippen LogP contribution in [-0.4, -0.2) is 32.1 Å². The van der Waals surface area contributed by atoms with Gasteiger partial charge in [0.05, 0.1) is 11.6 Å². The van der Waals surface area contributed by atoms with Crippen molar-refractivity contribution in [2.75, 3.05) is 26.2 Å². The molecule has 1 amide bonds. The predicted octanol–water partition coefficient (Wildman–Crippen LogP) is 3.27. The molecule has 1 aliphatic heterocycles. The van der Waals surface area contributed by atoms with E-state index in [1.165, 1.54) is 6.42 Å². The summed E-state index contributed by atoms with van der Waals surface area (Å²) in [6, 6.07) is 5.27. The summed E-state index contributed by atoms with van der Waals surface area (Å²) in [4.78, 5) is 11.7. The number of ether oxygens (including phenoxy) is 1. The van der Waals surface area contributed by atoms with Crippen LogP contribution in [0.5, 0.6) is 5.75 Å². The highest BCUT2D eigenvalue weighted by molar-refractivity contribution is 6.42. The van der Waals surface area contributed by atoms with Crippen molar-refractivity contribution >= 4 is 29.1 Å². The maximum Gasteiger partial charge on any atom is 0.220 e. The Balaban J connectivity index is 1.55. The number of carbonyl (C=O) groups is 1. The fourth-order valence-electron chi connectivity index (χ4n) is 2.48. The van der Waals surface area contributed by atoms with Crippen LogP contribution in [0.25, 0.3) is 0 Å². The van der Waals surface area contributed by atoms with E-state index in [9.17, 15) is 4.79 Å². The number of nitrogens with one attached hydrogen (secondary N) is 2. The van der Waals surface area contributed by atoms with E-state index in [2.05, 4.69) is 10.6 Å². The molecule has 0 aromatic heterocycles. The van der Waals surface area contributed by atoms with Gasteiger partial charge in [-0.1, -0.05) is 29.3 Å². The molecule has 1 heterocycles. The molecular weight excluding hydrogens is 323 g/mol. The number of carbonyl (C=O) groups excluding carboxylic acids is 1. The van der Waals surface area contributed by atoms with Crippen LogP contribution >= 0.6 is 23.2 Å². The minimum Gasteiger partial charge on any atom is -0.492 e. The summed E-state index contributed by atoms with van der Waals surface area (Å²) in [7, 11) is 0. The zero-order valence-electron chi connectivity index (χ0n) is 12.5. The first-order valence-electron chi connectivity index (χ1n) is 7.71. The normalized spacial score (nSPS) is 17.5. The van der Waals surface area contributed by atoms with Crippen LogP contribution in [0, 0.1) is 5.92 Å². The van der Waals surface area contributed by atoms with Gasteiger partial charge in [-0.15, -0.1) is 0 Å². The summed E-state index contributed by atoms with van der Waals surface area (Å²) >= 11 is 11.9. The highest BCUT2D eigenvalue weighted by Crippen LogP contribution is 2.31. The fourth-order valence-corrected chi connectivity index (χ4v) is 2.82. The Bertz CT molecular complexity index is 491. The standard InChI is InChI=1S/C16H22Cl2N2O2/c17-13-3-1-4-14(16(13)18)22-10-2-5-15(21)20-9-7-12-6-8-19-11-12/h1,3-4,12,19H,2,5-11H2,(H,20,21). The van der Waals surface area contributed by atoms with Crippen LogP contribution in [0.4, 0.5) is 0 Å². The Kier molecular flexibility index (Phi) is 7.30. The summed E-state index contributed by atoms with van der Waals surface area (Å²) in [5, 5.41) is 7.17. The van der Waals surface area contributed by atoms with E-state index in [0.29, 0.717) is 41.2 Å². The van der Waals surface area contributed by atoms with Gasteiger partial charge in [-0.05, 0) is 50.4 Å². The summed E-state index contributed by atoms with van der Waals surface area (Å²) in [5.41, 5.74) is 0. The molecule has 1 saturated heterocycles. The molecule has 1 unspecified atom stereocenters. The third-order valence-electron chi connectivity index (χ3n) is 3.76. The molecule has 0 bridgehead atoms. The van der Waals surface area contributed by atoms with Crippen LogP contribution in [0.15, 0.2) is 18.2 Å². The number of halogens is 2. The molecule has 6 heteroatoms. The van der Waals surface area contributed by atoms with Gasteiger partial charge >= 0.3 is 0 Å². The van der Waals surface area contributed by atoms with Crippen molar-refractivity contribution < 1.29 is 9.53 Å². The van der Waals surface area contributed by atoms with Crippen LogP contribution < -0.4 is 15.4 Å². The molecule has 122 valence electrons. The third-order valence-corrected chi connectivity index (χ3v) is 4.56. The number of hydrogen-bond acceptors (Lipinski definition) is 3. The van der Waals surface area contributed by atoms with Crippen LogP contribution in [0.1, 0.15) is 25.7 Å². The third kappa shape index (κ3) is 5.67. The molecule has 0 spiro atoms. The van der Waals surface area contributed by atoms with Gasteiger partial charge in [0.1, 0.15) is 10.8 Å². The minimum atomic E-state index is 0.0757. The number of rotatable bonds is 8. The topological polar surface area (TPSA) is 50.4 Å². The molecule has 2 N–H and O–H groups in total. The molecule has 1 atom stereocenters. The van der Waals surface area contributed by atoms with E-state index in [4.69, 9.17) is 27.9 Å². The number of benzene rings is 1. The fraction of sp³-hybridized carbons (Fsp3) is 0.562. The Morgan fingerprint density at radius 1 is 1.41 bits per heavy atom. The van der Waals surface area contributed by atoms with Crippen molar-refractivity contribution in [1.82, 2.24) is 10.6 Å². The molecule has 0 saturated carbocycles. The first-order valence-corrected chi connectivity index (χ1v) is 8.46. The van der Waals surface area contributed by atoms with Gasteiger partial charge in [-0.3, -0.25) is 4.79 Å². The summed E-state index contributed by atoms with van der Waals surface area (Å²) < 4.78 is 5.55. The van der Waals surface area contributed by atoms with Crippen molar-refractivity contribution in [2.45, 2.75) is 25.7 Å². The predicted molar refractivity (Wildman–Crippen MR) is 89.8 cm³/mol. The average molecular weight is 345 g/mol. The van der Waals surface area contributed by atoms with Gasteiger partial charge in [-0.2, -0.15) is 0 Å². The summed E-state index contributed by atoms with van der Waals surface area (Å²) in [6.07, 6.45) is 3.37. The monoisotopic (exact) mass is 344 g/mol. The van der Waals surface area contributed by atoms with Crippen molar-refractivity contribution in [3.8, 4) is 5.75 Å². The first kappa shape index (κ1) is 17.4. The van der Waals surface area contributed by atoms with E-state index in [-0.39, 0.29) is 5.91 Å². The van der Waals surface area contributed by atoms with E-state index >= 15 is 0 Å². The molecule has 4 nitrogen and oxygen atoms in total. The van der Waals surface area contributed by atoms with Gasteiger partial charge in [-0.25, -0.2) is 0 Å². The van der Waals surface area contributed by atoms with E-state index in [1.54, 1.807) is 18.2 Å². The second-order valence-electron chi connectivity index (χ2n) is 5.50. The van der Waals surface area contributed by atoms with Crippen LogP contribution in [0.3, 0.4) is 0 Å². The maximum absolute atomic E-state index is 11.7. The lowest BCUT2D eigenvalue weighted by molar-refractivity contribution is -0.121. The van der Waals surface area contributed by atoms with Crippen LogP contribution in [-0.2, 0) is 4.79 Å². The Morgan fingerprint density at radius 3 is 3.05 bits per heavy atom. The molecule has 22 heavy (non-hydrogen) atoms. The Hall–Kier alpha value is -0.970. The lowest BCUT2D eigenvalue weighted by Gasteiger charge is -2.10. The molecule has 0 aliphatic carbocycles. The van der Waals surface area contributed by atoms with Crippen molar-refractivity contribution in [3.63, 3.8) is 0 Å². The molecule has 1 fully saturated rings. The van der Waals surface area contributed by atoms with Gasteiger partial charge in [0, 0.05) is 13.0 Å². The quantitative estimate of drug-likeness (QED) is 0.711. The van der Waals surface area contributed by atoms with Crippen LogP contribution in [0.2, 0.25) is 10.0 Å². The molecule has 1 aliphatic rings. The second-order valence-corrected chi connectivity index (χ2v) is 6.29. The Morgan fingerprint density at radius 2 is 2.27 bits per heavy atom. The molecule has 2 rings (SSSR count). The van der Waals surface area contributed by atoms with E-state index < -0.39 is 0 Å². The molecule has 0 radical (unpaired) electrons. The van der Waals surface area contributed by atoms with Crippen molar-refractivity contribution in [2.24, 2.45) is 5.92 Å². The van der Waals surface area contributed by atoms with Gasteiger partial charge in [0.25, 0.3) is 0 Å². The molecule has 1 aromatic rings. The Labute approximate surface area is 141 Å². The second kappa shape index (κ2) is 9.23. The van der Waals surface area contributed by atoms with Gasteiger partial charge < -0.3 is 15.4 Å². The average Bonchev–Trinajstić information content (AvgIpc) is 3.01. The van der Waals surface area contributed by atoms with Crippen molar-refractivity contribution in [1.29, 1.82) is 0 Å². The lowest BCUT2D eigenvalue weighted by atomic mass is 10.1. The highest BCUT2D eigenvalue weighted by atomic mass is 35.5. The van der Waals surface area contributed by atoms with Gasteiger partial charge in [0.2, 0.25) is 5.91 Å².